The Kier molecular flexibility index (Phi) is 3.53. The first kappa shape index (κ1) is 12.4. The van der Waals surface area contributed by atoms with E-state index in [0.29, 0.717) is 5.03 Å². The lowest BCUT2D eigenvalue weighted by Gasteiger charge is -2.09. The van der Waals surface area contributed by atoms with Gasteiger partial charge in [0.15, 0.2) is 0 Å². The molecule has 0 saturated heterocycles. The largest absolute Gasteiger partial charge is 0.465 e. The minimum absolute atomic E-state index is 0.117. The van der Waals surface area contributed by atoms with Crippen molar-refractivity contribution in [2.75, 3.05) is 12.8 Å². The fourth-order valence-corrected chi connectivity index (χ4v) is 1.92. The number of pyridine rings is 1. The van der Waals surface area contributed by atoms with Crippen molar-refractivity contribution in [2.45, 2.75) is 5.03 Å². The lowest BCUT2D eigenvalue weighted by atomic mass is 10.1. The van der Waals surface area contributed by atoms with Crippen LogP contribution in [0.1, 0.15) is 10.4 Å². The van der Waals surface area contributed by atoms with Gasteiger partial charge in [-0.05, 0) is 11.6 Å². The van der Waals surface area contributed by atoms with Gasteiger partial charge in [0, 0.05) is 5.56 Å². The predicted molar refractivity (Wildman–Crippen MR) is 72.7 cm³/mol. The second-order valence-corrected chi connectivity index (χ2v) is 4.07. The van der Waals surface area contributed by atoms with E-state index in [9.17, 15) is 4.79 Å². The van der Waals surface area contributed by atoms with Crippen LogP contribution in [0.4, 0.5) is 5.82 Å². The smallest absolute Gasteiger partial charge is 0.341 e. The Morgan fingerprint density at radius 3 is 2.61 bits per heavy atom. The van der Waals surface area contributed by atoms with Crippen LogP contribution in [-0.4, -0.2) is 18.1 Å². The molecule has 0 bridgehead atoms. The fourth-order valence-electron chi connectivity index (χ4n) is 1.62. The first-order chi connectivity index (χ1) is 8.63. The second-order valence-electron chi connectivity index (χ2n) is 3.65. The van der Waals surface area contributed by atoms with Crippen molar-refractivity contribution >= 4 is 24.4 Å². The number of rotatable bonds is 2. The molecule has 2 rings (SSSR count). The normalized spacial score (nSPS) is 10.1. The van der Waals surface area contributed by atoms with Crippen LogP contribution in [0.2, 0.25) is 0 Å². The van der Waals surface area contributed by atoms with E-state index in [4.69, 9.17) is 5.73 Å². The van der Waals surface area contributed by atoms with Crippen molar-refractivity contribution in [3.8, 4) is 11.1 Å². The molecule has 18 heavy (non-hydrogen) atoms. The lowest BCUT2D eigenvalue weighted by molar-refractivity contribution is 0.0601. The van der Waals surface area contributed by atoms with Crippen LogP contribution in [0.15, 0.2) is 41.4 Å². The topological polar surface area (TPSA) is 65.2 Å². The van der Waals surface area contributed by atoms with E-state index >= 15 is 0 Å². The number of nitrogens with zero attached hydrogens (tertiary/aromatic N) is 1. The summed E-state index contributed by atoms with van der Waals surface area (Å²) < 4.78 is 4.66. The van der Waals surface area contributed by atoms with Crippen LogP contribution >= 0.6 is 12.6 Å². The number of carbonyl (C=O) groups excluding carboxylic acids is 1. The third-order valence-corrected chi connectivity index (χ3v) is 2.86. The Morgan fingerprint density at radius 2 is 2.00 bits per heavy atom. The zero-order chi connectivity index (χ0) is 13.1. The number of carbonyl (C=O) groups is 1. The van der Waals surface area contributed by atoms with Gasteiger partial charge in [-0.1, -0.05) is 30.3 Å². The molecule has 0 amide bonds. The summed E-state index contributed by atoms with van der Waals surface area (Å²) >= 11 is 4.28. The molecule has 1 aromatic heterocycles. The van der Waals surface area contributed by atoms with Crippen LogP contribution in [0, 0.1) is 0 Å². The summed E-state index contributed by atoms with van der Waals surface area (Å²) in [5.74, 6) is -0.392. The molecule has 0 saturated carbocycles. The molecular formula is C13H12N2O2S. The molecule has 2 N–H and O–H groups in total. The molecule has 2 aromatic rings. The van der Waals surface area contributed by atoms with Gasteiger partial charge in [0.05, 0.1) is 7.11 Å². The predicted octanol–water partition coefficient (Wildman–Crippen LogP) is 2.41. The molecule has 1 aromatic carbocycles. The summed E-state index contributed by atoms with van der Waals surface area (Å²) in [6.45, 7) is 0. The Morgan fingerprint density at radius 1 is 1.33 bits per heavy atom. The van der Waals surface area contributed by atoms with Crippen molar-refractivity contribution < 1.29 is 9.53 Å². The highest BCUT2D eigenvalue weighted by atomic mass is 32.1. The molecular weight excluding hydrogens is 248 g/mol. The quantitative estimate of drug-likeness (QED) is 0.643. The van der Waals surface area contributed by atoms with Gasteiger partial charge >= 0.3 is 5.97 Å². The summed E-state index contributed by atoms with van der Waals surface area (Å²) in [4.78, 5) is 15.6. The third-order valence-electron chi connectivity index (χ3n) is 2.52. The fraction of sp³-hybridized carbons (Fsp3) is 0.0769. The number of aromatic nitrogens is 1. The number of benzene rings is 1. The van der Waals surface area contributed by atoms with Gasteiger partial charge in [-0.2, -0.15) is 0 Å². The van der Waals surface area contributed by atoms with Crippen LogP contribution in [0.3, 0.4) is 0 Å². The summed E-state index contributed by atoms with van der Waals surface area (Å²) in [5.41, 5.74) is 7.59. The molecule has 0 aliphatic heterocycles. The number of ether oxygens (including phenoxy) is 1. The van der Waals surface area contributed by atoms with E-state index in [0.717, 1.165) is 11.1 Å². The molecule has 0 unspecified atom stereocenters. The van der Waals surface area contributed by atoms with E-state index in [1.165, 1.54) is 7.11 Å². The van der Waals surface area contributed by atoms with Crippen LogP contribution in [-0.2, 0) is 4.74 Å². The van der Waals surface area contributed by atoms with E-state index in [1.807, 2.05) is 30.3 Å². The molecule has 1 heterocycles. The Labute approximate surface area is 110 Å². The molecule has 0 spiro atoms. The maximum atomic E-state index is 11.6. The first-order valence-electron chi connectivity index (χ1n) is 5.26. The van der Waals surface area contributed by atoms with Gasteiger partial charge in [-0.15, -0.1) is 12.6 Å². The molecule has 92 valence electrons. The number of nitrogens with two attached hydrogens (primary N) is 1. The van der Waals surface area contributed by atoms with Gasteiger partial charge < -0.3 is 10.5 Å². The number of methoxy groups -OCH3 is 1. The van der Waals surface area contributed by atoms with Crippen molar-refractivity contribution in [3.05, 3.63) is 42.0 Å². The second kappa shape index (κ2) is 5.10. The molecule has 0 radical (unpaired) electrons. The van der Waals surface area contributed by atoms with Crippen LogP contribution in [0.5, 0.6) is 0 Å². The SMILES string of the molecule is COC(=O)c1cc(-c2ccccc2)c(S)nc1N. The van der Waals surface area contributed by atoms with Crippen LogP contribution in [0.25, 0.3) is 11.1 Å². The van der Waals surface area contributed by atoms with Gasteiger partial charge in [0.2, 0.25) is 0 Å². The molecule has 0 aliphatic rings. The minimum atomic E-state index is -0.509. The monoisotopic (exact) mass is 260 g/mol. The average Bonchev–Trinajstić information content (AvgIpc) is 2.39. The van der Waals surface area contributed by atoms with Crippen molar-refractivity contribution in [3.63, 3.8) is 0 Å². The summed E-state index contributed by atoms with van der Waals surface area (Å²) in [7, 11) is 1.30. The Hall–Kier alpha value is -2.01. The minimum Gasteiger partial charge on any atom is -0.465 e. The van der Waals surface area contributed by atoms with Crippen LogP contribution < -0.4 is 5.73 Å². The first-order valence-corrected chi connectivity index (χ1v) is 5.71. The van der Waals surface area contributed by atoms with E-state index < -0.39 is 5.97 Å². The average molecular weight is 260 g/mol. The zero-order valence-corrected chi connectivity index (χ0v) is 10.6. The van der Waals surface area contributed by atoms with E-state index in [1.54, 1.807) is 6.07 Å². The molecule has 4 nitrogen and oxygen atoms in total. The standard InChI is InChI=1S/C13H12N2O2S/c1-17-13(16)10-7-9(12(18)15-11(10)14)8-5-3-2-4-6-8/h2-7H,1H3,(H3,14,15,18). The molecule has 0 atom stereocenters. The van der Waals surface area contributed by atoms with Gasteiger partial charge in [-0.25, -0.2) is 9.78 Å². The molecule has 0 fully saturated rings. The number of hydrogen-bond acceptors (Lipinski definition) is 5. The summed E-state index contributed by atoms with van der Waals surface area (Å²) in [6.07, 6.45) is 0. The summed E-state index contributed by atoms with van der Waals surface area (Å²) in [6, 6.07) is 11.2. The van der Waals surface area contributed by atoms with E-state index in [-0.39, 0.29) is 11.4 Å². The van der Waals surface area contributed by atoms with Gasteiger partial charge in [-0.3, -0.25) is 0 Å². The highest BCUT2D eigenvalue weighted by Crippen LogP contribution is 2.28. The number of nitrogen functional groups attached to an aromatic ring is 1. The lowest BCUT2D eigenvalue weighted by Crippen LogP contribution is -2.08. The molecule has 0 aliphatic carbocycles. The highest BCUT2D eigenvalue weighted by Gasteiger charge is 2.15. The maximum absolute atomic E-state index is 11.6. The maximum Gasteiger partial charge on any atom is 0.341 e. The van der Waals surface area contributed by atoms with Crippen molar-refractivity contribution in [2.24, 2.45) is 0 Å². The van der Waals surface area contributed by atoms with Crippen molar-refractivity contribution in [1.29, 1.82) is 0 Å². The summed E-state index contributed by atoms with van der Waals surface area (Å²) in [5, 5.41) is 0.478. The Balaban J connectivity index is 2.59. The molecule has 5 heteroatoms. The number of anilines is 1. The zero-order valence-electron chi connectivity index (χ0n) is 9.75. The van der Waals surface area contributed by atoms with Gasteiger partial charge in [0.1, 0.15) is 16.4 Å². The van der Waals surface area contributed by atoms with Crippen molar-refractivity contribution in [1.82, 2.24) is 4.98 Å². The van der Waals surface area contributed by atoms with E-state index in [2.05, 4.69) is 22.3 Å². The number of hydrogen-bond donors (Lipinski definition) is 2. The Bertz CT molecular complexity index is 585. The van der Waals surface area contributed by atoms with Gasteiger partial charge in [0.25, 0.3) is 0 Å². The number of esters is 1. The highest BCUT2D eigenvalue weighted by molar-refractivity contribution is 7.80. The third kappa shape index (κ3) is 2.31. The number of thiol groups is 1.